The lowest BCUT2D eigenvalue weighted by Crippen LogP contribution is -1.99. The number of hydrogen-bond acceptors (Lipinski definition) is 4. The molecule has 3 N–H and O–H groups in total. The van der Waals surface area contributed by atoms with E-state index in [1.807, 2.05) is 29.1 Å². The van der Waals surface area contributed by atoms with Gasteiger partial charge in [-0.05, 0) is 24.8 Å². The maximum Gasteiger partial charge on any atom is 0.197 e. The minimum absolute atomic E-state index is 0. The molecule has 0 unspecified atom stereocenters. The summed E-state index contributed by atoms with van der Waals surface area (Å²) in [5, 5.41) is 8.38. The molecule has 7 heteroatoms. The fourth-order valence-electron chi connectivity index (χ4n) is 2.26. The third kappa shape index (κ3) is 4.33. The van der Waals surface area contributed by atoms with Crippen molar-refractivity contribution in [3.8, 4) is 0 Å². The van der Waals surface area contributed by atoms with Gasteiger partial charge in [-0.1, -0.05) is 35.5 Å². The van der Waals surface area contributed by atoms with E-state index in [0.717, 1.165) is 37.2 Å². The van der Waals surface area contributed by atoms with Gasteiger partial charge in [0.05, 0.1) is 18.4 Å². The van der Waals surface area contributed by atoms with Crippen molar-refractivity contribution in [2.75, 3.05) is 5.73 Å². The Labute approximate surface area is 135 Å². The van der Waals surface area contributed by atoms with Crippen LogP contribution in [-0.2, 0) is 19.4 Å². The Morgan fingerprint density at radius 2 is 1.95 bits per heavy atom. The summed E-state index contributed by atoms with van der Waals surface area (Å²) in [5.74, 6) is 0.471. The van der Waals surface area contributed by atoms with E-state index in [1.54, 1.807) is 6.20 Å². The lowest BCUT2D eigenvalue weighted by molar-refractivity contribution is 0.649. The molecule has 0 saturated carbocycles. The monoisotopic (exact) mass is 318 g/mol. The van der Waals surface area contributed by atoms with Crippen LogP contribution in [0.3, 0.4) is 0 Å². The highest BCUT2D eigenvalue weighted by molar-refractivity contribution is 5.85. The van der Waals surface area contributed by atoms with Crippen molar-refractivity contribution in [3.05, 3.63) is 59.7 Å². The number of benzene rings is 1. The molecule has 1 aromatic carbocycles. The van der Waals surface area contributed by atoms with E-state index in [-0.39, 0.29) is 12.4 Å². The summed E-state index contributed by atoms with van der Waals surface area (Å²) in [5.41, 5.74) is 8.84. The molecule has 0 aliphatic carbocycles. The predicted octanol–water partition coefficient (Wildman–Crippen LogP) is 2.23. The van der Waals surface area contributed by atoms with Gasteiger partial charge in [-0.25, -0.2) is 9.67 Å². The van der Waals surface area contributed by atoms with Crippen molar-refractivity contribution in [2.45, 2.75) is 25.8 Å². The molecule has 6 nitrogen and oxygen atoms in total. The minimum Gasteiger partial charge on any atom is -0.369 e. The topological polar surface area (TPSA) is 85.4 Å². The third-order valence-corrected chi connectivity index (χ3v) is 3.30. The second-order valence-corrected chi connectivity index (χ2v) is 5.04. The van der Waals surface area contributed by atoms with E-state index in [2.05, 4.69) is 32.4 Å². The van der Waals surface area contributed by atoms with Crippen LogP contribution in [0.15, 0.2) is 42.7 Å². The van der Waals surface area contributed by atoms with Crippen LogP contribution in [0.1, 0.15) is 23.4 Å². The molecule has 0 aliphatic heterocycles. The Bertz CT molecular complexity index is 691. The molecule has 0 saturated heterocycles. The quantitative estimate of drug-likeness (QED) is 0.730. The maximum atomic E-state index is 5.55. The Morgan fingerprint density at radius 1 is 1.14 bits per heavy atom. The van der Waals surface area contributed by atoms with Gasteiger partial charge < -0.3 is 10.7 Å². The molecule has 0 spiro atoms. The SMILES string of the molecule is Cl.Nc1ncc(CCCc2cn(Cc3ccccc3)nn2)[nH]1. The molecule has 2 aromatic heterocycles. The molecule has 0 bridgehead atoms. The first-order valence-electron chi connectivity index (χ1n) is 7.02. The van der Waals surface area contributed by atoms with Crippen molar-refractivity contribution < 1.29 is 0 Å². The van der Waals surface area contributed by atoms with Gasteiger partial charge >= 0.3 is 0 Å². The fraction of sp³-hybridized carbons (Fsp3) is 0.267. The maximum absolute atomic E-state index is 5.55. The second kappa shape index (κ2) is 7.61. The number of H-pyrrole nitrogens is 1. The first-order valence-corrected chi connectivity index (χ1v) is 7.02. The van der Waals surface area contributed by atoms with Gasteiger partial charge in [0.1, 0.15) is 0 Å². The number of nitrogen functional groups attached to an aromatic ring is 1. The van der Waals surface area contributed by atoms with Crippen LogP contribution in [0.4, 0.5) is 5.95 Å². The van der Waals surface area contributed by atoms with E-state index < -0.39 is 0 Å². The second-order valence-electron chi connectivity index (χ2n) is 5.04. The van der Waals surface area contributed by atoms with Crippen LogP contribution < -0.4 is 5.73 Å². The standard InChI is InChI=1S/C15H18N6.ClH/c16-15-17-9-13(18-15)7-4-8-14-11-21(20-19-14)10-12-5-2-1-3-6-12;/h1-3,5-6,9,11H,4,7-8,10H2,(H3,16,17,18);1H. The number of aryl methyl sites for hydroxylation is 2. The fourth-order valence-corrected chi connectivity index (χ4v) is 2.26. The number of nitrogens with zero attached hydrogens (tertiary/aromatic N) is 4. The number of imidazole rings is 1. The Hall–Kier alpha value is -2.34. The molecular formula is C15H19ClN6. The highest BCUT2D eigenvalue weighted by Crippen LogP contribution is 2.07. The molecular weight excluding hydrogens is 300 g/mol. The number of aromatic nitrogens is 5. The largest absolute Gasteiger partial charge is 0.369 e. The number of halogens is 1. The van der Waals surface area contributed by atoms with Gasteiger partial charge in [-0.2, -0.15) is 0 Å². The lowest BCUT2D eigenvalue weighted by Gasteiger charge is -1.99. The third-order valence-electron chi connectivity index (χ3n) is 3.30. The zero-order valence-electron chi connectivity index (χ0n) is 12.1. The van der Waals surface area contributed by atoms with Gasteiger partial charge in [0.2, 0.25) is 0 Å². The number of nitrogens with two attached hydrogens (primary N) is 1. The summed E-state index contributed by atoms with van der Waals surface area (Å²) < 4.78 is 1.87. The van der Waals surface area contributed by atoms with Gasteiger partial charge in [0.25, 0.3) is 0 Å². The van der Waals surface area contributed by atoms with E-state index in [0.29, 0.717) is 5.95 Å². The molecule has 0 radical (unpaired) electrons. The molecule has 0 aliphatic rings. The minimum atomic E-state index is 0. The number of hydrogen-bond donors (Lipinski definition) is 2. The molecule has 3 aromatic rings. The zero-order valence-corrected chi connectivity index (χ0v) is 13.0. The number of anilines is 1. The van der Waals surface area contributed by atoms with Crippen LogP contribution in [0.25, 0.3) is 0 Å². The van der Waals surface area contributed by atoms with Crippen LogP contribution in [0.5, 0.6) is 0 Å². The van der Waals surface area contributed by atoms with Gasteiger partial charge in [-0.3, -0.25) is 0 Å². The summed E-state index contributed by atoms with van der Waals surface area (Å²) in [4.78, 5) is 7.01. The van der Waals surface area contributed by atoms with Crippen molar-refractivity contribution >= 4 is 18.4 Å². The number of rotatable bonds is 6. The van der Waals surface area contributed by atoms with E-state index >= 15 is 0 Å². The predicted molar refractivity (Wildman–Crippen MR) is 87.8 cm³/mol. The number of nitrogens with one attached hydrogen (secondary N) is 1. The van der Waals surface area contributed by atoms with E-state index in [1.165, 1.54) is 5.56 Å². The van der Waals surface area contributed by atoms with Gasteiger partial charge in [0, 0.05) is 11.9 Å². The van der Waals surface area contributed by atoms with Crippen molar-refractivity contribution in [3.63, 3.8) is 0 Å². The first kappa shape index (κ1) is 16.0. The van der Waals surface area contributed by atoms with E-state index in [9.17, 15) is 0 Å². The molecule has 0 fully saturated rings. The Kier molecular flexibility index (Phi) is 5.55. The summed E-state index contributed by atoms with van der Waals surface area (Å²) in [6, 6.07) is 10.2. The van der Waals surface area contributed by atoms with Crippen LogP contribution in [-0.4, -0.2) is 25.0 Å². The molecule has 22 heavy (non-hydrogen) atoms. The summed E-state index contributed by atoms with van der Waals surface area (Å²) in [6.45, 7) is 0.755. The molecule has 0 amide bonds. The zero-order chi connectivity index (χ0) is 14.5. The van der Waals surface area contributed by atoms with Gasteiger partial charge in [0.15, 0.2) is 5.95 Å². The lowest BCUT2D eigenvalue weighted by atomic mass is 10.2. The van der Waals surface area contributed by atoms with E-state index in [4.69, 9.17) is 5.73 Å². The summed E-state index contributed by atoms with van der Waals surface area (Å²) >= 11 is 0. The molecule has 2 heterocycles. The average Bonchev–Trinajstić information content (AvgIpc) is 3.10. The van der Waals surface area contributed by atoms with Crippen molar-refractivity contribution in [1.29, 1.82) is 0 Å². The summed E-state index contributed by atoms with van der Waals surface area (Å²) in [7, 11) is 0. The Balaban J connectivity index is 0.00000176. The highest BCUT2D eigenvalue weighted by atomic mass is 35.5. The van der Waals surface area contributed by atoms with Crippen molar-refractivity contribution in [1.82, 2.24) is 25.0 Å². The normalized spacial score (nSPS) is 10.4. The van der Waals surface area contributed by atoms with Crippen LogP contribution in [0.2, 0.25) is 0 Å². The average molecular weight is 319 g/mol. The molecule has 0 atom stereocenters. The highest BCUT2D eigenvalue weighted by Gasteiger charge is 2.03. The van der Waals surface area contributed by atoms with Crippen LogP contribution in [0, 0.1) is 0 Å². The van der Waals surface area contributed by atoms with Gasteiger partial charge in [-0.15, -0.1) is 17.5 Å². The Morgan fingerprint density at radius 3 is 2.68 bits per heavy atom. The first-order chi connectivity index (χ1) is 10.3. The molecule has 116 valence electrons. The van der Waals surface area contributed by atoms with Crippen LogP contribution >= 0.6 is 12.4 Å². The summed E-state index contributed by atoms with van der Waals surface area (Å²) in [6.07, 6.45) is 6.59. The molecule has 3 rings (SSSR count). The number of aromatic amines is 1. The van der Waals surface area contributed by atoms with Crippen molar-refractivity contribution in [2.24, 2.45) is 0 Å². The smallest absolute Gasteiger partial charge is 0.197 e.